The zero-order valence-corrected chi connectivity index (χ0v) is 19.1. The third-order valence-corrected chi connectivity index (χ3v) is 7.00. The molecule has 1 fully saturated rings. The van der Waals surface area contributed by atoms with Crippen LogP contribution in [0.4, 0.5) is 0 Å². The minimum atomic E-state index is -0.177. The second kappa shape index (κ2) is 8.84. The summed E-state index contributed by atoms with van der Waals surface area (Å²) in [4.78, 5) is 29.4. The predicted octanol–water partition coefficient (Wildman–Crippen LogP) is 5.72. The van der Waals surface area contributed by atoms with Gasteiger partial charge in [-0.15, -0.1) is 11.3 Å². The van der Waals surface area contributed by atoms with E-state index in [1.54, 1.807) is 24.0 Å². The maximum Gasteiger partial charge on any atom is 0.254 e. The van der Waals surface area contributed by atoms with Crippen LogP contribution in [-0.2, 0) is 6.42 Å². The van der Waals surface area contributed by atoms with Crippen molar-refractivity contribution in [2.45, 2.75) is 32.2 Å². The maximum atomic E-state index is 13.4. The summed E-state index contributed by atoms with van der Waals surface area (Å²) in [6, 6.07) is 11.1. The summed E-state index contributed by atoms with van der Waals surface area (Å²) in [5.74, 6) is 1.27. The van der Waals surface area contributed by atoms with Crippen molar-refractivity contribution in [3.05, 3.63) is 87.8 Å². The number of nitrogens with zero attached hydrogens (tertiary/aromatic N) is 4. The summed E-state index contributed by atoms with van der Waals surface area (Å²) in [7, 11) is 0. The molecule has 0 saturated carbocycles. The molecule has 162 valence electrons. The molecule has 8 heteroatoms. The number of oxazole rings is 1. The van der Waals surface area contributed by atoms with Gasteiger partial charge < -0.3 is 9.32 Å². The fourth-order valence-electron chi connectivity index (χ4n) is 4.06. The van der Waals surface area contributed by atoms with E-state index in [4.69, 9.17) is 16.0 Å². The fraction of sp³-hybridized carbons (Fsp3) is 0.250. The lowest BCUT2D eigenvalue weighted by Gasteiger charge is -2.22. The molecule has 1 aliphatic heterocycles. The Kier molecular flexibility index (Phi) is 5.76. The molecule has 0 bridgehead atoms. The first-order valence-corrected chi connectivity index (χ1v) is 11.7. The van der Waals surface area contributed by atoms with E-state index < -0.39 is 0 Å². The molecule has 4 aromatic rings. The van der Waals surface area contributed by atoms with Crippen LogP contribution in [0.3, 0.4) is 0 Å². The Hall–Kier alpha value is -3.03. The van der Waals surface area contributed by atoms with Crippen LogP contribution in [0.5, 0.6) is 0 Å². The third-order valence-electron chi connectivity index (χ3n) is 5.68. The van der Waals surface area contributed by atoms with Crippen LogP contribution < -0.4 is 0 Å². The topological polar surface area (TPSA) is 72.1 Å². The van der Waals surface area contributed by atoms with E-state index in [9.17, 15) is 4.79 Å². The minimum Gasteiger partial charge on any atom is -0.443 e. The maximum absolute atomic E-state index is 13.4. The molecule has 6 nitrogen and oxygen atoms in total. The molecule has 0 N–H and O–H groups in total. The molecule has 0 aliphatic carbocycles. The van der Waals surface area contributed by atoms with Crippen molar-refractivity contribution in [2.24, 2.45) is 0 Å². The minimum absolute atomic E-state index is 0.0378. The Balaban J connectivity index is 1.36. The highest BCUT2D eigenvalue weighted by molar-refractivity contribution is 7.13. The standard InChI is InChI=1S/C24H21ClN4O2S/c1-15-22(32-14-28-15)20-12-17(8-9-26-20)24(30)29-10-4-7-21(29)23-27-13-18(31-23)11-16-5-2-3-6-19(16)25/h2-3,5-6,8-9,12-14,21H,4,7,10-11H2,1H3. The van der Waals surface area contributed by atoms with Crippen LogP contribution in [0.2, 0.25) is 5.02 Å². The normalized spacial score (nSPS) is 15.9. The molecule has 1 amide bonds. The number of hydrogen-bond donors (Lipinski definition) is 0. The van der Waals surface area contributed by atoms with Gasteiger partial charge in [-0.25, -0.2) is 9.97 Å². The average Bonchev–Trinajstić information content (AvgIpc) is 3.55. The monoisotopic (exact) mass is 464 g/mol. The van der Waals surface area contributed by atoms with Crippen molar-refractivity contribution in [1.29, 1.82) is 0 Å². The van der Waals surface area contributed by atoms with Crippen LogP contribution in [-0.4, -0.2) is 32.3 Å². The quantitative estimate of drug-likeness (QED) is 0.377. The van der Waals surface area contributed by atoms with Gasteiger partial charge in [-0.3, -0.25) is 9.78 Å². The van der Waals surface area contributed by atoms with E-state index in [2.05, 4.69) is 15.0 Å². The fourth-order valence-corrected chi connectivity index (χ4v) is 5.03. The highest BCUT2D eigenvalue weighted by atomic mass is 35.5. The van der Waals surface area contributed by atoms with Gasteiger partial charge >= 0.3 is 0 Å². The number of benzene rings is 1. The van der Waals surface area contributed by atoms with Gasteiger partial charge in [0.2, 0.25) is 5.89 Å². The summed E-state index contributed by atoms with van der Waals surface area (Å²) in [6.07, 6.45) is 5.71. The summed E-state index contributed by atoms with van der Waals surface area (Å²) in [5.41, 5.74) is 5.07. The van der Waals surface area contributed by atoms with E-state index in [1.807, 2.05) is 42.2 Å². The van der Waals surface area contributed by atoms with E-state index >= 15 is 0 Å². The molecule has 0 radical (unpaired) electrons. The number of hydrogen-bond acceptors (Lipinski definition) is 6. The molecular weight excluding hydrogens is 444 g/mol. The number of rotatable bonds is 5. The molecule has 1 aromatic carbocycles. The van der Waals surface area contributed by atoms with Gasteiger partial charge in [0.25, 0.3) is 5.91 Å². The first-order chi connectivity index (χ1) is 15.6. The number of aromatic nitrogens is 3. The Morgan fingerprint density at radius 3 is 2.94 bits per heavy atom. The number of likely N-dealkylation sites (tertiary alicyclic amines) is 1. The Bertz CT molecular complexity index is 1270. The number of amides is 1. The second-order valence-corrected chi connectivity index (χ2v) is 9.05. The van der Waals surface area contributed by atoms with Crippen molar-refractivity contribution in [3.8, 4) is 10.6 Å². The second-order valence-electron chi connectivity index (χ2n) is 7.79. The molecule has 1 aliphatic rings. The van der Waals surface area contributed by atoms with E-state index in [-0.39, 0.29) is 11.9 Å². The van der Waals surface area contributed by atoms with Crippen molar-refractivity contribution < 1.29 is 9.21 Å². The molecule has 3 aromatic heterocycles. The summed E-state index contributed by atoms with van der Waals surface area (Å²) >= 11 is 7.80. The number of aryl methyl sites for hydroxylation is 1. The van der Waals surface area contributed by atoms with Gasteiger partial charge in [0.1, 0.15) is 11.8 Å². The van der Waals surface area contributed by atoms with Gasteiger partial charge in [-0.2, -0.15) is 0 Å². The summed E-state index contributed by atoms with van der Waals surface area (Å²) in [6.45, 7) is 2.62. The van der Waals surface area contributed by atoms with Crippen LogP contribution >= 0.6 is 22.9 Å². The molecule has 1 saturated heterocycles. The number of thiazole rings is 1. The largest absolute Gasteiger partial charge is 0.443 e. The Labute approximate surface area is 194 Å². The zero-order valence-electron chi connectivity index (χ0n) is 17.5. The van der Waals surface area contributed by atoms with Crippen molar-refractivity contribution >= 4 is 28.8 Å². The van der Waals surface area contributed by atoms with Gasteiger partial charge in [0, 0.05) is 29.7 Å². The van der Waals surface area contributed by atoms with E-state index in [0.717, 1.165) is 40.4 Å². The van der Waals surface area contributed by atoms with Crippen molar-refractivity contribution in [3.63, 3.8) is 0 Å². The molecule has 1 atom stereocenters. The van der Waals surface area contributed by atoms with Crippen molar-refractivity contribution in [1.82, 2.24) is 19.9 Å². The predicted molar refractivity (Wildman–Crippen MR) is 124 cm³/mol. The molecule has 0 spiro atoms. The molecule has 32 heavy (non-hydrogen) atoms. The van der Waals surface area contributed by atoms with Crippen LogP contribution in [0, 0.1) is 6.92 Å². The Morgan fingerprint density at radius 2 is 2.12 bits per heavy atom. The summed E-state index contributed by atoms with van der Waals surface area (Å²) in [5, 5.41) is 0.702. The smallest absolute Gasteiger partial charge is 0.254 e. The first-order valence-electron chi connectivity index (χ1n) is 10.5. The highest BCUT2D eigenvalue weighted by Crippen LogP contribution is 2.34. The SMILES string of the molecule is Cc1ncsc1-c1cc(C(=O)N2CCCC2c2ncc(Cc3ccccc3Cl)o2)ccn1. The Morgan fingerprint density at radius 1 is 1.25 bits per heavy atom. The van der Waals surface area contributed by atoms with E-state index in [0.29, 0.717) is 29.4 Å². The van der Waals surface area contributed by atoms with Gasteiger partial charge in [0.15, 0.2) is 0 Å². The van der Waals surface area contributed by atoms with Crippen LogP contribution in [0.25, 0.3) is 10.6 Å². The van der Waals surface area contributed by atoms with Gasteiger partial charge in [0.05, 0.1) is 28.0 Å². The summed E-state index contributed by atoms with van der Waals surface area (Å²) < 4.78 is 6.06. The number of pyridine rings is 1. The van der Waals surface area contributed by atoms with Gasteiger partial charge in [-0.05, 0) is 43.5 Å². The average molecular weight is 465 g/mol. The van der Waals surface area contributed by atoms with E-state index in [1.165, 1.54) is 11.3 Å². The molecule has 1 unspecified atom stereocenters. The first kappa shape index (κ1) is 20.8. The van der Waals surface area contributed by atoms with Gasteiger partial charge in [-0.1, -0.05) is 29.8 Å². The van der Waals surface area contributed by atoms with Crippen LogP contribution in [0.1, 0.15) is 52.1 Å². The molecule has 4 heterocycles. The highest BCUT2D eigenvalue weighted by Gasteiger charge is 2.34. The lowest BCUT2D eigenvalue weighted by molar-refractivity contribution is 0.0714. The number of carbonyl (C=O) groups excluding carboxylic acids is 1. The number of halogens is 1. The lowest BCUT2D eigenvalue weighted by atomic mass is 10.1. The number of carbonyl (C=O) groups is 1. The lowest BCUT2D eigenvalue weighted by Crippen LogP contribution is -2.30. The zero-order chi connectivity index (χ0) is 22.1. The third kappa shape index (κ3) is 4.06. The van der Waals surface area contributed by atoms with Crippen molar-refractivity contribution in [2.75, 3.05) is 6.54 Å². The molecule has 5 rings (SSSR count). The van der Waals surface area contributed by atoms with Crippen LogP contribution in [0.15, 0.2) is 58.7 Å². The molecular formula is C24H21ClN4O2S.